The largest absolute Gasteiger partial charge is 0.497 e. The number of anilines is 1. The number of rotatable bonds is 6. The minimum Gasteiger partial charge on any atom is -0.497 e. The summed E-state index contributed by atoms with van der Waals surface area (Å²) in [5.74, 6) is 2.19. The molecule has 0 spiro atoms. The molecule has 3 aromatic rings. The van der Waals surface area contributed by atoms with Gasteiger partial charge in [0.1, 0.15) is 11.5 Å². The number of carbonyl (C=O) groups is 1. The molecule has 0 radical (unpaired) electrons. The summed E-state index contributed by atoms with van der Waals surface area (Å²) in [6.07, 6.45) is 5.03. The third-order valence-corrected chi connectivity index (χ3v) is 6.25. The predicted molar refractivity (Wildman–Crippen MR) is 126 cm³/mol. The summed E-state index contributed by atoms with van der Waals surface area (Å²) in [6.45, 7) is 4.43. The van der Waals surface area contributed by atoms with Crippen molar-refractivity contribution >= 4 is 11.9 Å². The molecular weight excluding hydrogens is 418 g/mol. The van der Waals surface area contributed by atoms with E-state index in [1.165, 1.54) is 0 Å². The van der Waals surface area contributed by atoms with Crippen LogP contribution in [0, 0.1) is 13.8 Å². The average Bonchev–Trinajstić information content (AvgIpc) is 3.15. The van der Waals surface area contributed by atoms with Gasteiger partial charge in [-0.1, -0.05) is 17.3 Å². The van der Waals surface area contributed by atoms with Gasteiger partial charge in [0.15, 0.2) is 0 Å². The van der Waals surface area contributed by atoms with E-state index < -0.39 is 0 Å². The van der Waals surface area contributed by atoms with E-state index in [1.54, 1.807) is 7.11 Å². The Hall–Kier alpha value is -3.42. The number of aryl methyl sites for hydroxylation is 2. The minimum absolute atomic E-state index is 0.0693. The van der Waals surface area contributed by atoms with Crippen LogP contribution >= 0.6 is 0 Å². The van der Waals surface area contributed by atoms with Crippen molar-refractivity contribution in [3.8, 4) is 16.9 Å². The van der Waals surface area contributed by atoms with E-state index in [2.05, 4.69) is 10.1 Å². The number of aromatic nitrogens is 3. The number of hydrogen-bond acceptors (Lipinski definition) is 7. The van der Waals surface area contributed by atoms with E-state index in [0.717, 1.165) is 53.1 Å². The maximum atomic E-state index is 13.5. The van der Waals surface area contributed by atoms with Crippen LogP contribution < -0.4 is 9.64 Å². The fraction of sp³-hybridized carbons (Fsp3) is 0.440. The summed E-state index contributed by atoms with van der Waals surface area (Å²) in [6, 6.07) is 7.76. The van der Waals surface area contributed by atoms with Gasteiger partial charge in [-0.05, 0) is 50.8 Å². The number of carbonyl (C=O) groups excluding carboxylic acids is 1. The standard InChI is InChI=1S/C25H31N5O3/c1-16-20(17(2)33-28-16)14-23(31)30-13-7-6-8-22(30)24-21(15-26-25(27-24)29(3)4)18-9-11-19(32-5)12-10-18/h9-12,15,22H,6-8,13-14H2,1-5H3/t22-/m1/s1. The average molecular weight is 450 g/mol. The Morgan fingerprint density at radius 2 is 1.97 bits per heavy atom. The predicted octanol–water partition coefficient (Wildman–Crippen LogP) is 4.12. The zero-order valence-corrected chi connectivity index (χ0v) is 20.0. The summed E-state index contributed by atoms with van der Waals surface area (Å²) in [4.78, 5) is 26.9. The van der Waals surface area contributed by atoms with Crippen molar-refractivity contribution in [2.24, 2.45) is 0 Å². The molecule has 174 valence electrons. The molecule has 0 bridgehead atoms. The second kappa shape index (κ2) is 9.60. The number of ether oxygens (including phenoxy) is 1. The molecule has 0 unspecified atom stereocenters. The molecule has 3 heterocycles. The molecule has 1 fully saturated rings. The van der Waals surface area contributed by atoms with Crippen molar-refractivity contribution in [1.82, 2.24) is 20.0 Å². The highest BCUT2D eigenvalue weighted by molar-refractivity contribution is 5.80. The molecule has 1 aliphatic heterocycles. The molecule has 1 aromatic carbocycles. The SMILES string of the molecule is COc1ccc(-c2cnc(N(C)C)nc2[C@H]2CCCCN2C(=O)Cc2c(C)noc2C)cc1. The second-order valence-corrected chi connectivity index (χ2v) is 8.67. The lowest BCUT2D eigenvalue weighted by Crippen LogP contribution is -2.40. The van der Waals surface area contributed by atoms with Gasteiger partial charge < -0.3 is 19.1 Å². The van der Waals surface area contributed by atoms with Gasteiger partial charge >= 0.3 is 0 Å². The van der Waals surface area contributed by atoms with E-state index in [9.17, 15) is 4.79 Å². The molecule has 1 atom stereocenters. The zero-order chi connectivity index (χ0) is 23.5. The van der Waals surface area contributed by atoms with Crippen LogP contribution in [0.2, 0.25) is 0 Å². The van der Waals surface area contributed by atoms with Crippen molar-refractivity contribution in [3.63, 3.8) is 0 Å². The van der Waals surface area contributed by atoms with Crippen molar-refractivity contribution in [2.75, 3.05) is 32.6 Å². The molecule has 8 nitrogen and oxygen atoms in total. The summed E-state index contributed by atoms with van der Waals surface area (Å²) < 4.78 is 10.6. The van der Waals surface area contributed by atoms with Crippen LogP contribution in [0.15, 0.2) is 35.0 Å². The van der Waals surface area contributed by atoms with Crippen LogP contribution in [0.3, 0.4) is 0 Å². The van der Waals surface area contributed by atoms with Gasteiger partial charge in [-0.25, -0.2) is 9.97 Å². The smallest absolute Gasteiger partial charge is 0.227 e. The van der Waals surface area contributed by atoms with Crippen LogP contribution in [-0.2, 0) is 11.2 Å². The molecule has 8 heteroatoms. The number of amides is 1. The Labute approximate surface area is 194 Å². The minimum atomic E-state index is -0.120. The topological polar surface area (TPSA) is 84.6 Å². The molecule has 0 N–H and O–H groups in total. The fourth-order valence-electron chi connectivity index (χ4n) is 4.37. The first-order chi connectivity index (χ1) is 15.9. The lowest BCUT2D eigenvalue weighted by Gasteiger charge is -2.36. The second-order valence-electron chi connectivity index (χ2n) is 8.67. The fourth-order valence-corrected chi connectivity index (χ4v) is 4.37. The van der Waals surface area contributed by atoms with Crippen LogP contribution in [0.4, 0.5) is 5.95 Å². The molecule has 0 saturated carbocycles. The Morgan fingerprint density at radius 3 is 2.61 bits per heavy atom. The van der Waals surface area contributed by atoms with E-state index in [-0.39, 0.29) is 18.4 Å². The van der Waals surface area contributed by atoms with Gasteiger partial charge in [-0.3, -0.25) is 4.79 Å². The lowest BCUT2D eigenvalue weighted by molar-refractivity contribution is -0.134. The van der Waals surface area contributed by atoms with Gasteiger partial charge in [-0.15, -0.1) is 0 Å². The summed E-state index contributed by atoms with van der Waals surface area (Å²) in [5.41, 5.74) is 4.46. The molecule has 1 amide bonds. The third-order valence-electron chi connectivity index (χ3n) is 6.25. The number of methoxy groups -OCH3 is 1. The van der Waals surface area contributed by atoms with Crippen LogP contribution in [0.25, 0.3) is 11.1 Å². The normalized spacial score (nSPS) is 16.0. The number of hydrogen-bond donors (Lipinski definition) is 0. The van der Waals surface area contributed by atoms with Crippen molar-refractivity contribution in [2.45, 2.75) is 45.6 Å². The highest BCUT2D eigenvalue weighted by Gasteiger charge is 2.32. The van der Waals surface area contributed by atoms with Crippen LogP contribution in [0.5, 0.6) is 5.75 Å². The number of piperidine rings is 1. The molecule has 1 aliphatic rings. The Balaban J connectivity index is 1.73. The van der Waals surface area contributed by atoms with Crippen LogP contribution in [-0.4, -0.2) is 53.7 Å². The molecule has 4 rings (SSSR count). The zero-order valence-electron chi connectivity index (χ0n) is 20.0. The Morgan fingerprint density at radius 1 is 1.21 bits per heavy atom. The van der Waals surface area contributed by atoms with Crippen LogP contribution in [0.1, 0.15) is 48.0 Å². The van der Waals surface area contributed by atoms with Gasteiger partial charge in [-0.2, -0.15) is 0 Å². The molecular formula is C25H31N5O3. The Kier molecular flexibility index (Phi) is 6.62. The van der Waals surface area contributed by atoms with Crippen molar-refractivity contribution in [3.05, 3.63) is 53.2 Å². The van der Waals surface area contributed by atoms with E-state index >= 15 is 0 Å². The molecule has 2 aromatic heterocycles. The summed E-state index contributed by atoms with van der Waals surface area (Å²) in [5, 5.41) is 4.01. The van der Waals surface area contributed by atoms with Crippen molar-refractivity contribution in [1.29, 1.82) is 0 Å². The van der Waals surface area contributed by atoms with Gasteiger partial charge in [0.2, 0.25) is 11.9 Å². The number of nitrogens with zero attached hydrogens (tertiary/aromatic N) is 5. The van der Waals surface area contributed by atoms with Gasteiger partial charge in [0.05, 0.1) is 31.0 Å². The lowest BCUT2D eigenvalue weighted by atomic mass is 9.93. The first-order valence-electron chi connectivity index (χ1n) is 11.3. The maximum absolute atomic E-state index is 13.5. The molecule has 33 heavy (non-hydrogen) atoms. The van der Waals surface area contributed by atoms with E-state index in [1.807, 2.05) is 68.2 Å². The number of likely N-dealkylation sites (tertiary alicyclic amines) is 1. The van der Waals surface area contributed by atoms with Gasteiger partial charge in [0, 0.05) is 38.0 Å². The summed E-state index contributed by atoms with van der Waals surface area (Å²) in [7, 11) is 5.50. The maximum Gasteiger partial charge on any atom is 0.227 e. The number of benzene rings is 1. The highest BCUT2D eigenvalue weighted by atomic mass is 16.5. The monoisotopic (exact) mass is 449 g/mol. The van der Waals surface area contributed by atoms with Crippen molar-refractivity contribution < 1.29 is 14.1 Å². The molecule has 0 aliphatic carbocycles. The molecule has 1 saturated heterocycles. The first kappa shape index (κ1) is 22.8. The Bertz CT molecular complexity index is 1100. The first-order valence-corrected chi connectivity index (χ1v) is 11.3. The van der Waals surface area contributed by atoms with E-state index in [4.69, 9.17) is 14.2 Å². The summed E-state index contributed by atoms with van der Waals surface area (Å²) >= 11 is 0. The highest BCUT2D eigenvalue weighted by Crippen LogP contribution is 2.37. The third kappa shape index (κ3) is 4.69. The van der Waals surface area contributed by atoms with Gasteiger partial charge in [0.25, 0.3) is 0 Å². The van der Waals surface area contributed by atoms with E-state index in [0.29, 0.717) is 18.3 Å². The quantitative estimate of drug-likeness (QED) is 0.560.